The Bertz CT molecular complexity index is 892. The molecule has 0 atom stereocenters. The first kappa shape index (κ1) is 17.8. The SMILES string of the molecule is CCN1C(=O)/C(=C\c2ccc(Br)o2)C(=O)N(c2ccc(Cl)cc2)C1=S. The van der Waals surface area contributed by atoms with Gasteiger partial charge in [-0.3, -0.25) is 19.4 Å². The number of hydrogen-bond donors (Lipinski definition) is 0. The minimum atomic E-state index is -0.505. The van der Waals surface area contributed by atoms with Gasteiger partial charge in [0.25, 0.3) is 11.8 Å². The largest absolute Gasteiger partial charge is 0.450 e. The van der Waals surface area contributed by atoms with E-state index in [2.05, 4.69) is 15.9 Å². The van der Waals surface area contributed by atoms with E-state index in [9.17, 15) is 9.59 Å². The Kier molecular flexibility index (Phi) is 5.08. The Balaban J connectivity index is 2.08. The van der Waals surface area contributed by atoms with E-state index in [1.165, 1.54) is 15.9 Å². The van der Waals surface area contributed by atoms with Gasteiger partial charge in [0.15, 0.2) is 9.78 Å². The number of likely N-dealkylation sites (N-methyl/N-ethyl adjacent to an activating group) is 1. The average Bonchev–Trinajstić information content (AvgIpc) is 2.99. The minimum absolute atomic E-state index is 0.0211. The number of rotatable bonds is 3. The third-order valence-electron chi connectivity index (χ3n) is 3.61. The molecule has 0 unspecified atom stereocenters. The Morgan fingerprint density at radius 2 is 1.84 bits per heavy atom. The number of carbonyl (C=O) groups excluding carboxylic acids is 2. The Morgan fingerprint density at radius 3 is 2.40 bits per heavy atom. The standard InChI is InChI=1S/C17H12BrClN2O3S/c1-2-20-15(22)13(9-12-7-8-14(18)24-12)16(23)21(17(20)25)11-5-3-10(19)4-6-11/h3-9H,2H2,1H3/b13-9+. The molecule has 0 N–H and O–H groups in total. The molecule has 1 aromatic heterocycles. The zero-order chi connectivity index (χ0) is 18.1. The van der Waals surface area contributed by atoms with E-state index in [1.807, 2.05) is 0 Å². The quantitative estimate of drug-likeness (QED) is 0.407. The van der Waals surface area contributed by atoms with Crippen molar-refractivity contribution in [3.05, 3.63) is 57.4 Å². The van der Waals surface area contributed by atoms with Crippen LogP contribution in [0.4, 0.5) is 5.69 Å². The molecule has 0 radical (unpaired) electrons. The summed E-state index contributed by atoms with van der Waals surface area (Å²) in [6.45, 7) is 2.13. The molecule has 1 saturated heterocycles. The minimum Gasteiger partial charge on any atom is -0.450 e. The maximum Gasteiger partial charge on any atom is 0.270 e. The van der Waals surface area contributed by atoms with E-state index in [1.54, 1.807) is 43.3 Å². The van der Waals surface area contributed by atoms with Crippen LogP contribution in [0.25, 0.3) is 6.08 Å². The van der Waals surface area contributed by atoms with Gasteiger partial charge in [-0.05, 0) is 77.5 Å². The topological polar surface area (TPSA) is 53.8 Å². The maximum absolute atomic E-state index is 12.9. The zero-order valence-corrected chi connectivity index (χ0v) is 16.2. The molecule has 8 heteroatoms. The van der Waals surface area contributed by atoms with Gasteiger partial charge in [-0.15, -0.1) is 0 Å². The number of hydrogen-bond acceptors (Lipinski definition) is 4. The second-order valence-electron chi connectivity index (χ2n) is 5.15. The highest BCUT2D eigenvalue weighted by Gasteiger charge is 2.39. The number of nitrogens with zero attached hydrogens (tertiary/aromatic N) is 2. The van der Waals surface area contributed by atoms with Gasteiger partial charge in [0.2, 0.25) is 0 Å². The molecule has 128 valence electrons. The number of carbonyl (C=O) groups is 2. The fourth-order valence-electron chi connectivity index (χ4n) is 2.42. The number of anilines is 1. The maximum atomic E-state index is 12.9. The second-order valence-corrected chi connectivity index (χ2v) is 6.73. The van der Waals surface area contributed by atoms with E-state index >= 15 is 0 Å². The number of amides is 2. The molecule has 5 nitrogen and oxygen atoms in total. The smallest absolute Gasteiger partial charge is 0.270 e. The van der Waals surface area contributed by atoms with Crippen molar-refractivity contribution in [3.8, 4) is 0 Å². The van der Waals surface area contributed by atoms with Gasteiger partial charge in [0.1, 0.15) is 11.3 Å². The summed E-state index contributed by atoms with van der Waals surface area (Å²) in [7, 11) is 0. The van der Waals surface area contributed by atoms with Gasteiger partial charge < -0.3 is 4.42 Å². The number of furan rings is 1. The number of halogens is 2. The normalized spacial score (nSPS) is 16.9. The van der Waals surface area contributed by atoms with Gasteiger partial charge >= 0.3 is 0 Å². The molecule has 2 amide bonds. The summed E-state index contributed by atoms with van der Waals surface area (Å²) in [4.78, 5) is 28.3. The Hall–Kier alpha value is -1.96. The van der Waals surface area contributed by atoms with Gasteiger partial charge in [0.05, 0.1) is 5.69 Å². The molecule has 1 aliphatic rings. The van der Waals surface area contributed by atoms with Gasteiger partial charge in [-0.2, -0.15) is 0 Å². The Morgan fingerprint density at radius 1 is 1.16 bits per heavy atom. The van der Waals surface area contributed by atoms with E-state index in [4.69, 9.17) is 28.2 Å². The predicted molar refractivity (Wildman–Crippen MR) is 103 cm³/mol. The lowest BCUT2D eigenvalue weighted by molar-refractivity contribution is -0.127. The summed E-state index contributed by atoms with van der Waals surface area (Å²) < 4.78 is 5.89. The average molecular weight is 440 g/mol. The van der Waals surface area contributed by atoms with Crippen LogP contribution in [0.1, 0.15) is 12.7 Å². The van der Waals surface area contributed by atoms with Crippen LogP contribution in [0.15, 0.2) is 51.1 Å². The van der Waals surface area contributed by atoms with E-state index in [-0.39, 0.29) is 10.7 Å². The van der Waals surface area contributed by atoms with Crippen LogP contribution in [0.3, 0.4) is 0 Å². The molecule has 0 aliphatic carbocycles. The lowest BCUT2D eigenvalue weighted by atomic mass is 10.1. The van der Waals surface area contributed by atoms with Crippen LogP contribution < -0.4 is 4.90 Å². The number of thiocarbonyl (C=S) groups is 1. The molecular weight excluding hydrogens is 428 g/mol. The van der Waals surface area contributed by atoms with E-state index < -0.39 is 11.8 Å². The third-order valence-corrected chi connectivity index (χ3v) is 4.69. The fourth-order valence-corrected chi connectivity index (χ4v) is 3.27. The highest BCUT2D eigenvalue weighted by atomic mass is 79.9. The first-order valence-electron chi connectivity index (χ1n) is 7.35. The molecule has 1 aliphatic heterocycles. The fraction of sp³-hybridized carbons (Fsp3) is 0.118. The number of benzene rings is 1. The molecule has 0 bridgehead atoms. The molecule has 0 spiro atoms. The molecule has 2 heterocycles. The van der Waals surface area contributed by atoms with Crippen molar-refractivity contribution < 1.29 is 14.0 Å². The monoisotopic (exact) mass is 438 g/mol. The molecule has 1 aromatic carbocycles. The predicted octanol–water partition coefficient (Wildman–Crippen LogP) is 4.26. The second kappa shape index (κ2) is 7.11. The van der Waals surface area contributed by atoms with Crippen molar-refractivity contribution >= 4 is 68.4 Å². The molecule has 3 rings (SSSR count). The van der Waals surface area contributed by atoms with Crippen molar-refractivity contribution in [1.82, 2.24) is 4.90 Å². The summed E-state index contributed by atoms with van der Waals surface area (Å²) in [6.07, 6.45) is 1.42. The van der Waals surface area contributed by atoms with Crippen LogP contribution in [-0.4, -0.2) is 28.4 Å². The summed E-state index contributed by atoms with van der Waals surface area (Å²) in [5.41, 5.74) is 0.518. The van der Waals surface area contributed by atoms with Crippen LogP contribution >= 0.6 is 39.7 Å². The van der Waals surface area contributed by atoms with Crippen molar-refractivity contribution in [2.45, 2.75) is 6.92 Å². The first-order valence-corrected chi connectivity index (χ1v) is 8.93. The summed E-state index contributed by atoms with van der Waals surface area (Å²) in [5.74, 6) is -0.562. The molecule has 0 saturated carbocycles. The van der Waals surface area contributed by atoms with Crippen molar-refractivity contribution in [2.75, 3.05) is 11.4 Å². The van der Waals surface area contributed by atoms with Gasteiger partial charge in [-0.1, -0.05) is 11.6 Å². The molecule has 25 heavy (non-hydrogen) atoms. The molecule has 2 aromatic rings. The highest BCUT2D eigenvalue weighted by molar-refractivity contribution is 9.10. The van der Waals surface area contributed by atoms with Crippen LogP contribution in [0, 0.1) is 0 Å². The highest BCUT2D eigenvalue weighted by Crippen LogP contribution is 2.27. The van der Waals surface area contributed by atoms with Crippen molar-refractivity contribution in [2.24, 2.45) is 0 Å². The van der Waals surface area contributed by atoms with Crippen molar-refractivity contribution in [3.63, 3.8) is 0 Å². The first-order chi connectivity index (χ1) is 11.9. The van der Waals surface area contributed by atoms with E-state index in [0.29, 0.717) is 27.7 Å². The summed E-state index contributed by atoms with van der Waals surface area (Å²) >= 11 is 14.5. The lowest BCUT2D eigenvalue weighted by Crippen LogP contribution is -2.56. The van der Waals surface area contributed by atoms with E-state index in [0.717, 1.165) is 0 Å². The molecular formula is C17H12BrClN2O3S. The Labute approximate surface area is 163 Å². The summed E-state index contributed by atoms with van der Waals surface area (Å²) in [5, 5.41) is 0.677. The molecule has 1 fully saturated rings. The van der Waals surface area contributed by atoms with Gasteiger partial charge in [0, 0.05) is 11.6 Å². The lowest BCUT2D eigenvalue weighted by Gasteiger charge is -2.35. The van der Waals surface area contributed by atoms with Gasteiger partial charge in [-0.25, -0.2) is 0 Å². The van der Waals surface area contributed by atoms with Crippen molar-refractivity contribution in [1.29, 1.82) is 0 Å². The summed E-state index contributed by atoms with van der Waals surface area (Å²) in [6, 6.07) is 10.0. The third kappa shape index (κ3) is 3.40. The van der Waals surface area contributed by atoms with Crippen LogP contribution in [-0.2, 0) is 9.59 Å². The van der Waals surface area contributed by atoms with Crippen LogP contribution in [0.2, 0.25) is 5.02 Å². The zero-order valence-electron chi connectivity index (χ0n) is 13.0. The van der Waals surface area contributed by atoms with Crippen LogP contribution in [0.5, 0.6) is 0 Å².